The summed E-state index contributed by atoms with van der Waals surface area (Å²) < 4.78 is 55.9. The van der Waals surface area contributed by atoms with Gasteiger partial charge in [-0.2, -0.15) is 0 Å². The number of ether oxygens (including phenoxy) is 5. The van der Waals surface area contributed by atoms with Crippen molar-refractivity contribution in [1.82, 2.24) is 0 Å². The predicted molar refractivity (Wildman–Crippen MR) is 139 cm³/mol. The van der Waals surface area contributed by atoms with Gasteiger partial charge < -0.3 is 83.6 Å². The molecule has 42 heavy (non-hydrogen) atoms. The monoisotopic (exact) mass is 616 g/mol. The van der Waals surface area contributed by atoms with Gasteiger partial charge in [-0.25, -0.2) is 8.78 Å². The highest BCUT2D eigenvalue weighted by atomic mass is 19.3. The van der Waals surface area contributed by atoms with E-state index in [9.17, 15) is 34.3 Å². The Morgan fingerprint density at radius 2 is 1.40 bits per heavy atom. The van der Waals surface area contributed by atoms with Crippen LogP contribution in [0.5, 0.6) is 0 Å². The Morgan fingerprint density at radius 3 is 2.02 bits per heavy atom. The van der Waals surface area contributed by atoms with Crippen molar-refractivity contribution in [2.24, 2.45) is 40.3 Å². The van der Waals surface area contributed by atoms with Gasteiger partial charge in [0, 0.05) is 30.6 Å². The fourth-order valence-corrected chi connectivity index (χ4v) is 6.35. The zero-order valence-corrected chi connectivity index (χ0v) is 23.0. The lowest BCUT2D eigenvalue weighted by Crippen LogP contribution is -2.67. The third-order valence-electron chi connectivity index (χ3n) is 8.87. The number of nitrogens with two attached hydrogens (primary N) is 6. The minimum Gasteiger partial charge on any atom is -0.394 e. The van der Waals surface area contributed by atoms with Gasteiger partial charge in [-0.3, -0.25) is 0 Å². The summed E-state index contributed by atoms with van der Waals surface area (Å²) in [6.07, 6.45) is -17.6. The first kappa shape index (κ1) is 34.1. The molecule has 246 valence electrons. The highest BCUT2D eigenvalue weighted by molar-refractivity contribution is 5.05. The van der Waals surface area contributed by atoms with Gasteiger partial charge in [-0.15, -0.1) is 0 Å². The first-order valence-corrected chi connectivity index (χ1v) is 14.2. The molecule has 1 aliphatic carbocycles. The lowest BCUT2D eigenvalue weighted by Gasteiger charge is -2.50. The lowest BCUT2D eigenvalue weighted by atomic mass is 9.72. The Kier molecular flexibility index (Phi) is 11.5. The number of halogens is 2. The molecule has 0 aromatic heterocycles. The number of aliphatic hydroxyl groups excluding tert-OH is 5. The van der Waals surface area contributed by atoms with Crippen LogP contribution in [-0.2, 0) is 23.7 Å². The molecule has 18 atom stereocenters. The van der Waals surface area contributed by atoms with Gasteiger partial charge in [0.15, 0.2) is 12.6 Å². The molecule has 4 aliphatic rings. The Morgan fingerprint density at radius 1 is 0.762 bits per heavy atom. The molecule has 0 spiro atoms. The minimum absolute atomic E-state index is 0.135. The molecule has 16 nitrogen and oxygen atoms in total. The Labute approximate surface area is 241 Å². The molecule has 0 aromatic carbocycles. The summed E-state index contributed by atoms with van der Waals surface area (Å²) in [5.41, 5.74) is 36.1. The fraction of sp³-hybridized carbons (Fsp3) is 1.00. The molecule has 1 saturated carbocycles. The van der Waals surface area contributed by atoms with E-state index in [1.807, 2.05) is 0 Å². The summed E-state index contributed by atoms with van der Waals surface area (Å²) in [6, 6.07) is -5.07. The second kappa shape index (κ2) is 14.1. The maximum atomic E-state index is 13.4. The quantitative estimate of drug-likeness (QED) is 0.115. The minimum atomic E-state index is -2.84. The van der Waals surface area contributed by atoms with Crippen molar-refractivity contribution in [2.45, 2.75) is 130 Å². The average molecular weight is 617 g/mol. The van der Waals surface area contributed by atoms with Crippen LogP contribution in [0.3, 0.4) is 0 Å². The van der Waals surface area contributed by atoms with Gasteiger partial charge >= 0.3 is 0 Å². The molecular weight excluding hydrogens is 570 g/mol. The zero-order valence-electron chi connectivity index (χ0n) is 23.0. The topological polar surface area (TPSA) is 303 Å². The molecule has 18 heteroatoms. The van der Waals surface area contributed by atoms with Crippen molar-refractivity contribution in [3.05, 3.63) is 0 Å². The molecule has 4 rings (SSSR count). The van der Waals surface area contributed by atoms with Crippen molar-refractivity contribution < 1.29 is 58.0 Å². The molecule has 0 amide bonds. The van der Waals surface area contributed by atoms with Crippen molar-refractivity contribution in [1.29, 1.82) is 0 Å². The summed E-state index contributed by atoms with van der Waals surface area (Å²) in [5, 5.41) is 52.6. The van der Waals surface area contributed by atoms with E-state index in [1.54, 1.807) is 0 Å². The van der Waals surface area contributed by atoms with Gasteiger partial charge in [-0.05, 0) is 19.3 Å². The molecule has 3 aliphatic heterocycles. The maximum Gasteiger partial charge on any atom is 0.256 e. The van der Waals surface area contributed by atoms with E-state index < -0.39 is 123 Å². The zero-order chi connectivity index (χ0) is 31.0. The van der Waals surface area contributed by atoms with Crippen LogP contribution in [0.2, 0.25) is 0 Å². The summed E-state index contributed by atoms with van der Waals surface area (Å²) in [6.45, 7) is -0.811. The normalized spacial score (nSPS) is 51.1. The third kappa shape index (κ3) is 6.74. The van der Waals surface area contributed by atoms with E-state index >= 15 is 0 Å². The molecule has 1 unspecified atom stereocenters. The Hall–Kier alpha value is -0.780. The second-order valence-electron chi connectivity index (χ2n) is 11.7. The van der Waals surface area contributed by atoms with Gasteiger partial charge in [0.2, 0.25) is 0 Å². The van der Waals surface area contributed by atoms with Crippen LogP contribution >= 0.6 is 0 Å². The van der Waals surface area contributed by atoms with E-state index in [0.717, 1.165) is 0 Å². The fourth-order valence-electron chi connectivity index (χ4n) is 6.35. The average Bonchev–Trinajstić information content (AvgIpc) is 3.25. The summed E-state index contributed by atoms with van der Waals surface area (Å²) >= 11 is 0. The number of rotatable bonds is 9. The molecule has 0 bridgehead atoms. The second-order valence-corrected chi connectivity index (χ2v) is 11.7. The molecule has 3 heterocycles. The first-order valence-electron chi connectivity index (χ1n) is 14.2. The van der Waals surface area contributed by atoms with Gasteiger partial charge in [0.1, 0.15) is 36.6 Å². The molecule has 0 aromatic rings. The van der Waals surface area contributed by atoms with Crippen LogP contribution in [-0.4, -0.2) is 149 Å². The van der Waals surface area contributed by atoms with Crippen molar-refractivity contribution in [3.63, 3.8) is 0 Å². The third-order valence-corrected chi connectivity index (χ3v) is 8.87. The van der Waals surface area contributed by atoms with Crippen molar-refractivity contribution >= 4 is 0 Å². The smallest absolute Gasteiger partial charge is 0.256 e. The molecule has 0 radical (unpaired) electrons. The van der Waals surface area contributed by atoms with Crippen molar-refractivity contribution in [3.8, 4) is 0 Å². The van der Waals surface area contributed by atoms with Crippen LogP contribution in [0.1, 0.15) is 19.3 Å². The van der Waals surface area contributed by atoms with E-state index in [-0.39, 0.29) is 19.4 Å². The Balaban J connectivity index is 1.53. The summed E-state index contributed by atoms with van der Waals surface area (Å²) in [5.74, 6) is -0.872. The molecule has 4 fully saturated rings. The standard InChI is InChI=1S/C24H46F2N6O10/c25-22(26)13(31)9-2-1-6(28)19(38-9)12-7(29)3-8(30)15(34)21(12)42-24-18(37)20(11(5-33)40-24)41-23-14(32)17(36)16(35)10(4-27)39-23/h6-24,33-37H,1-5,27-32H2/t6-,7+,8-,9+,10+,11-,12?,13-,14-,15+,16-,17-,18-,19+,20-,21+,23-,24+/m1/s1. The van der Waals surface area contributed by atoms with Gasteiger partial charge in [-0.1, -0.05) is 0 Å². The van der Waals surface area contributed by atoms with Crippen molar-refractivity contribution in [2.75, 3.05) is 13.2 Å². The number of hydrogen-bond acceptors (Lipinski definition) is 16. The van der Waals surface area contributed by atoms with Gasteiger partial charge in [0.25, 0.3) is 6.43 Å². The van der Waals surface area contributed by atoms with Gasteiger partial charge in [0.05, 0.1) is 43.1 Å². The predicted octanol–water partition coefficient (Wildman–Crippen LogP) is -5.93. The van der Waals surface area contributed by atoms with Crippen LogP contribution < -0.4 is 34.4 Å². The highest BCUT2D eigenvalue weighted by Crippen LogP contribution is 2.38. The van der Waals surface area contributed by atoms with Crippen LogP contribution in [0, 0.1) is 5.92 Å². The van der Waals surface area contributed by atoms with E-state index in [2.05, 4.69) is 0 Å². The molecular formula is C24H46F2N6O10. The molecule has 3 saturated heterocycles. The molecule has 17 N–H and O–H groups in total. The SMILES string of the molecule is NC[C@@H]1O[C@H](O[C@H]2[C@@H](O)[C@H](O[C@H]3C([C@H]4O[C@H]([C@@H](N)C(F)F)CC[C@H]4N)[C@@H](N)C[C@@H](N)[C@@H]3O)O[C@@H]2CO)[C@H](N)[C@@H](O)[C@@H]1O. The number of aliphatic hydroxyl groups is 5. The van der Waals surface area contributed by atoms with Crippen LogP contribution in [0.15, 0.2) is 0 Å². The maximum absolute atomic E-state index is 13.4. The van der Waals surface area contributed by atoms with Crippen LogP contribution in [0.25, 0.3) is 0 Å². The van der Waals surface area contributed by atoms with E-state index in [1.165, 1.54) is 0 Å². The van der Waals surface area contributed by atoms with E-state index in [4.69, 9.17) is 58.1 Å². The summed E-state index contributed by atoms with van der Waals surface area (Å²) in [4.78, 5) is 0. The lowest BCUT2D eigenvalue weighted by molar-refractivity contribution is -0.280. The highest BCUT2D eigenvalue weighted by Gasteiger charge is 2.55. The summed E-state index contributed by atoms with van der Waals surface area (Å²) in [7, 11) is 0. The first-order chi connectivity index (χ1) is 19.8. The Bertz CT molecular complexity index is 875. The van der Waals surface area contributed by atoms with E-state index in [0.29, 0.717) is 6.42 Å². The van der Waals surface area contributed by atoms with Crippen LogP contribution in [0.4, 0.5) is 8.78 Å². The number of hydrogen-bond donors (Lipinski definition) is 11. The largest absolute Gasteiger partial charge is 0.394 e. The number of alkyl halides is 2.